The van der Waals surface area contributed by atoms with Gasteiger partial charge in [0.2, 0.25) is 5.91 Å². The number of thiazole rings is 1. The summed E-state index contributed by atoms with van der Waals surface area (Å²) in [5, 5.41) is 2.00. The van der Waals surface area contributed by atoms with Gasteiger partial charge in [0, 0.05) is 35.9 Å². The van der Waals surface area contributed by atoms with Crippen LogP contribution in [0, 0.1) is 0 Å². The molecule has 0 aliphatic rings. The summed E-state index contributed by atoms with van der Waals surface area (Å²) < 4.78 is 2.00. The molecule has 0 fully saturated rings. The van der Waals surface area contributed by atoms with Crippen LogP contribution in [-0.2, 0) is 11.2 Å². The van der Waals surface area contributed by atoms with Crippen LogP contribution in [0.15, 0.2) is 67.2 Å². The van der Waals surface area contributed by atoms with Gasteiger partial charge < -0.3 is 4.90 Å². The SMILES string of the molecule is C=CCN(CC=C)C(=O)Cc1csc2nc(-c3ccccc3)cn12. The van der Waals surface area contributed by atoms with E-state index in [1.165, 1.54) is 0 Å². The van der Waals surface area contributed by atoms with Crippen molar-refractivity contribution in [2.24, 2.45) is 0 Å². The molecule has 4 nitrogen and oxygen atoms in total. The number of hydrogen-bond donors (Lipinski definition) is 0. The average Bonchev–Trinajstić information content (AvgIpc) is 3.17. The van der Waals surface area contributed by atoms with Gasteiger partial charge in [-0.3, -0.25) is 9.20 Å². The summed E-state index contributed by atoms with van der Waals surface area (Å²) in [6.07, 6.45) is 5.80. The Bertz CT molecular complexity index is 853. The fourth-order valence-corrected chi connectivity index (χ4v) is 3.43. The summed E-state index contributed by atoms with van der Waals surface area (Å²) in [7, 11) is 0. The Morgan fingerprint density at radius 1 is 1.21 bits per heavy atom. The monoisotopic (exact) mass is 337 g/mol. The molecule has 3 aromatic rings. The maximum atomic E-state index is 12.5. The van der Waals surface area contributed by atoms with E-state index in [0.29, 0.717) is 19.5 Å². The normalized spacial score (nSPS) is 10.7. The Balaban J connectivity index is 1.85. The highest BCUT2D eigenvalue weighted by atomic mass is 32.1. The lowest BCUT2D eigenvalue weighted by molar-refractivity contribution is -0.129. The van der Waals surface area contributed by atoms with Crippen molar-refractivity contribution in [1.82, 2.24) is 14.3 Å². The molecule has 0 radical (unpaired) electrons. The maximum absolute atomic E-state index is 12.5. The third-order valence-corrected chi connectivity index (χ3v) is 4.63. The Morgan fingerprint density at radius 3 is 2.58 bits per heavy atom. The molecule has 1 amide bonds. The first-order chi connectivity index (χ1) is 11.7. The molecule has 24 heavy (non-hydrogen) atoms. The average molecular weight is 337 g/mol. The molecule has 2 aromatic heterocycles. The van der Waals surface area contributed by atoms with Crippen LogP contribution in [0.2, 0.25) is 0 Å². The van der Waals surface area contributed by atoms with E-state index in [1.807, 2.05) is 46.3 Å². The summed E-state index contributed by atoms with van der Waals surface area (Å²) in [5.41, 5.74) is 2.95. The van der Waals surface area contributed by atoms with Gasteiger partial charge in [-0.2, -0.15) is 0 Å². The minimum atomic E-state index is 0.0597. The van der Waals surface area contributed by atoms with Gasteiger partial charge in [0.25, 0.3) is 0 Å². The standard InChI is InChI=1S/C19H19N3OS/c1-3-10-21(11-4-2)18(23)12-16-14-24-19-20-17(13-22(16)19)15-8-6-5-7-9-15/h3-9,13-14H,1-2,10-12H2. The lowest BCUT2D eigenvalue weighted by atomic mass is 10.2. The largest absolute Gasteiger partial charge is 0.335 e. The number of fused-ring (bicyclic) bond motifs is 1. The predicted octanol–water partition coefficient (Wildman–Crippen LogP) is 3.81. The molecule has 0 unspecified atom stereocenters. The van der Waals surface area contributed by atoms with Crippen molar-refractivity contribution in [3.8, 4) is 11.3 Å². The van der Waals surface area contributed by atoms with Crippen LogP contribution in [0.5, 0.6) is 0 Å². The summed E-state index contributed by atoms with van der Waals surface area (Å²) in [5.74, 6) is 0.0597. The number of carbonyl (C=O) groups is 1. The predicted molar refractivity (Wildman–Crippen MR) is 99.2 cm³/mol. The van der Waals surface area contributed by atoms with Gasteiger partial charge in [0.1, 0.15) is 0 Å². The van der Waals surface area contributed by atoms with Crippen LogP contribution in [0.3, 0.4) is 0 Å². The van der Waals surface area contributed by atoms with Gasteiger partial charge in [0.05, 0.1) is 12.1 Å². The van der Waals surface area contributed by atoms with Crippen molar-refractivity contribution in [2.45, 2.75) is 6.42 Å². The van der Waals surface area contributed by atoms with E-state index in [4.69, 9.17) is 0 Å². The zero-order valence-corrected chi connectivity index (χ0v) is 14.2. The molecule has 0 spiro atoms. The van der Waals surface area contributed by atoms with E-state index in [1.54, 1.807) is 28.4 Å². The number of aromatic nitrogens is 2. The van der Waals surface area contributed by atoms with Crippen LogP contribution in [0.25, 0.3) is 16.2 Å². The second-order valence-electron chi connectivity index (χ2n) is 5.42. The van der Waals surface area contributed by atoms with Crippen molar-refractivity contribution in [3.63, 3.8) is 0 Å². The molecule has 0 saturated carbocycles. The summed E-state index contributed by atoms with van der Waals surface area (Å²) in [4.78, 5) is 19.8. The van der Waals surface area contributed by atoms with Gasteiger partial charge in [-0.25, -0.2) is 4.98 Å². The quantitative estimate of drug-likeness (QED) is 0.615. The molecular formula is C19H19N3OS. The van der Waals surface area contributed by atoms with Gasteiger partial charge >= 0.3 is 0 Å². The Kier molecular flexibility index (Phi) is 4.91. The fraction of sp³-hybridized carbons (Fsp3) is 0.158. The number of nitrogens with zero attached hydrogens (tertiary/aromatic N) is 3. The summed E-state index contributed by atoms with van der Waals surface area (Å²) in [6.45, 7) is 8.47. The fourth-order valence-electron chi connectivity index (χ4n) is 2.56. The number of benzene rings is 1. The highest BCUT2D eigenvalue weighted by Crippen LogP contribution is 2.24. The topological polar surface area (TPSA) is 37.6 Å². The van der Waals surface area contributed by atoms with E-state index >= 15 is 0 Å². The minimum absolute atomic E-state index is 0.0597. The first-order valence-electron chi connectivity index (χ1n) is 7.73. The number of amides is 1. The van der Waals surface area contributed by atoms with Crippen molar-refractivity contribution in [2.75, 3.05) is 13.1 Å². The molecule has 5 heteroatoms. The number of carbonyl (C=O) groups excluding carboxylic acids is 1. The summed E-state index contributed by atoms with van der Waals surface area (Å²) >= 11 is 1.55. The lowest BCUT2D eigenvalue weighted by Gasteiger charge is -2.18. The molecule has 2 heterocycles. The maximum Gasteiger partial charge on any atom is 0.229 e. The van der Waals surface area contributed by atoms with Crippen LogP contribution >= 0.6 is 11.3 Å². The second-order valence-corrected chi connectivity index (χ2v) is 6.26. The molecule has 122 valence electrons. The van der Waals surface area contributed by atoms with E-state index in [-0.39, 0.29) is 5.91 Å². The van der Waals surface area contributed by atoms with E-state index in [0.717, 1.165) is 21.9 Å². The van der Waals surface area contributed by atoms with Crippen LogP contribution in [0.4, 0.5) is 0 Å². The molecule has 0 N–H and O–H groups in total. The van der Waals surface area contributed by atoms with Gasteiger partial charge in [0.15, 0.2) is 4.96 Å². The second kappa shape index (κ2) is 7.27. The zero-order valence-electron chi connectivity index (χ0n) is 13.4. The first kappa shape index (κ1) is 16.2. The Morgan fingerprint density at radius 2 is 1.92 bits per heavy atom. The van der Waals surface area contributed by atoms with Crippen LogP contribution < -0.4 is 0 Å². The number of rotatable bonds is 7. The molecule has 3 rings (SSSR count). The summed E-state index contributed by atoms with van der Waals surface area (Å²) in [6, 6.07) is 10.0. The number of hydrogen-bond acceptors (Lipinski definition) is 3. The van der Waals surface area contributed by atoms with Gasteiger partial charge in [-0.15, -0.1) is 24.5 Å². The molecular weight excluding hydrogens is 318 g/mol. The van der Waals surface area contributed by atoms with Gasteiger partial charge in [-0.1, -0.05) is 42.5 Å². The Hall–Kier alpha value is -2.66. The highest BCUT2D eigenvalue weighted by molar-refractivity contribution is 7.15. The molecule has 0 aliphatic heterocycles. The van der Waals surface area contributed by atoms with E-state index < -0.39 is 0 Å². The zero-order chi connectivity index (χ0) is 16.9. The molecule has 0 atom stereocenters. The van der Waals surface area contributed by atoms with Crippen molar-refractivity contribution < 1.29 is 4.79 Å². The third kappa shape index (κ3) is 3.31. The van der Waals surface area contributed by atoms with Crippen LogP contribution in [0.1, 0.15) is 5.69 Å². The molecule has 0 bridgehead atoms. The molecule has 0 saturated heterocycles. The van der Waals surface area contributed by atoms with Gasteiger partial charge in [-0.05, 0) is 0 Å². The van der Waals surface area contributed by atoms with Crippen molar-refractivity contribution in [3.05, 3.63) is 72.9 Å². The van der Waals surface area contributed by atoms with Crippen molar-refractivity contribution in [1.29, 1.82) is 0 Å². The molecule has 0 aliphatic carbocycles. The Labute approximate surface area is 145 Å². The van der Waals surface area contributed by atoms with E-state index in [9.17, 15) is 4.79 Å². The van der Waals surface area contributed by atoms with E-state index in [2.05, 4.69) is 18.1 Å². The minimum Gasteiger partial charge on any atom is -0.335 e. The first-order valence-corrected chi connectivity index (χ1v) is 8.61. The smallest absolute Gasteiger partial charge is 0.229 e. The highest BCUT2D eigenvalue weighted by Gasteiger charge is 2.16. The third-order valence-electron chi connectivity index (χ3n) is 3.74. The lowest BCUT2D eigenvalue weighted by Crippen LogP contribution is -2.32. The van der Waals surface area contributed by atoms with Crippen LogP contribution in [-0.4, -0.2) is 33.3 Å². The number of imidazole rings is 1. The molecule has 1 aromatic carbocycles. The van der Waals surface area contributed by atoms with Crippen molar-refractivity contribution >= 4 is 22.2 Å².